The number of halogens is 3. The van der Waals surface area contributed by atoms with E-state index in [1.54, 1.807) is 0 Å². The van der Waals surface area contributed by atoms with Crippen LogP contribution in [0, 0.1) is 6.92 Å². The Labute approximate surface area is 190 Å². The quantitative estimate of drug-likeness (QED) is 0.388. The van der Waals surface area contributed by atoms with Crippen molar-refractivity contribution >= 4 is 33.1 Å². The molecule has 2 N–H and O–H groups in total. The number of fused-ring (bicyclic) bond motifs is 1. The number of nitrogens with one attached hydrogen (secondary N) is 2. The van der Waals surface area contributed by atoms with Crippen LogP contribution in [-0.2, 0) is 17.5 Å². The molecule has 4 rings (SSSR count). The molecular formula is C23H19F3N4O2S. The molecule has 0 aliphatic rings. The number of hydrogen-bond acceptors (Lipinski definition) is 5. The maximum Gasteiger partial charge on any atom is 0.418 e. The zero-order chi connectivity index (χ0) is 23.6. The van der Waals surface area contributed by atoms with Gasteiger partial charge >= 0.3 is 6.18 Å². The lowest BCUT2D eigenvalue weighted by atomic mass is 10.1. The SMILES string of the molecule is Cc1ccc(-c2csc3ncn(CCC(=O)NNc4ccccc4C(F)(F)F)c(=O)c23)cc1. The number of amides is 1. The number of para-hydroxylation sites is 1. The number of aromatic nitrogens is 2. The first-order valence-corrected chi connectivity index (χ1v) is 10.9. The Kier molecular flexibility index (Phi) is 6.19. The number of nitrogens with zero attached hydrogens (tertiary/aromatic N) is 2. The maximum atomic E-state index is 13.1. The Bertz CT molecular complexity index is 1360. The number of carbonyl (C=O) groups excluding carboxylic acids is 1. The number of aryl methyl sites for hydroxylation is 2. The Morgan fingerprint density at radius 2 is 1.85 bits per heavy atom. The fourth-order valence-electron chi connectivity index (χ4n) is 3.33. The molecule has 0 aliphatic carbocycles. The third-order valence-electron chi connectivity index (χ3n) is 5.07. The number of anilines is 1. The standard InChI is InChI=1S/C23H19F3N4O2S/c1-14-6-8-15(9-7-14)16-12-33-21-20(16)22(32)30(13-27-21)11-10-19(31)29-28-18-5-3-2-4-17(18)23(24,25)26/h2-9,12-13,28H,10-11H2,1H3,(H,29,31). The molecule has 4 aromatic rings. The molecule has 0 saturated heterocycles. The Balaban J connectivity index is 1.47. The number of hydrazine groups is 1. The van der Waals surface area contributed by atoms with Crippen LogP contribution in [-0.4, -0.2) is 15.5 Å². The van der Waals surface area contributed by atoms with Gasteiger partial charge in [0.2, 0.25) is 5.91 Å². The van der Waals surface area contributed by atoms with Crippen molar-refractivity contribution in [2.75, 3.05) is 5.43 Å². The monoisotopic (exact) mass is 472 g/mol. The van der Waals surface area contributed by atoms with E-state index in [0.717, 1.165) is 22.8 Å². The molecule has 0 spiro atoms. The van der Waals surface area contributed by atoms with Gasteiger partial charge in [-0.1, -0.05) is 42.0 Å². The van der Waals surface area contributed by atoms with E-state index >= 15 is 0 Å². The van der Waals surface area contributed by atoms with Crippen LogP contribution in [0.15, 0.2) is 65.0 Å². The third-order valence-corrected chi connectivity index (χ3v) is 5.96. The first-order valence-electron chi connectivity index (χ1n) is 9.99. The summed E-state index contributed by atoms with van der Waals surface area (Å²) in [5.41, 5.74) is 5.90. The molecule has 170 valence electrons. The maximum absolute atomic E-state index is 13.1. The number of rotatable bonds is 6. The van der Waals surface area contributed by atoms with E-state index < -0.39 is 17.6 Å². The highest BCUT2D eigenvalue weighted by atomic mass is 32.1. The summed E-state index contributed by atoms with van der Waals surface area (Å²) in [4.78, 5) is 30.2. The second-order valence-electron chi connectivity index (χ2n) is 7.41. The van der Waals surface area contributed by atoms with E-state index in [9.17, 15) is 22.8 Å². The summed E-state index contributed by atoms with van der Waals surface area (Å²) in [6.07, 6.45) is -3.31. The van der Waals surface area contributed by atoms with Gasteiger partial charge in [-0.05, 0) is 24.6 Å². The van der Waals surface area contributed by atoms with Crippen LogP contribution in [0.5, 0.6) is 0 Å². The van der Waals surface area contributed by atoms with E-state index in [0.29, 0.717) is 10.2 Å². The number of alkyl halides is 3. The third kappa shape index (κ3) is 4.90. The molecule has 1 amide bonds. The fourth-order valence-corrected chi connectivity index (χ4v) is 4.24. The lowest BCUT2D eigenvalue weighted by Gasteiger charge is -2.15. The van der Waals surface area contributed by atoms with Gasteiger partial charge in [-0.15, -0.1) is 11.3 Å². The first kappa shape index (κ1) is 22.5. The summed E-state index contributed by atoms with van der Waals surface area (Å²) in [7, 11) is 0. The van der Waals surface area contributed by atoms with Gasteiger partial charge in [-0.25, -0.2) is 4.98 Å². The van der Waals surface area contributed by atoms with Crippen molar-refractivity contribution in [2.45, 2.75) is 26.1 Å². The van der Waals surface area contributed by atoms with Crippen LogP contribution in [0.25, 0.3) is 21.3 Å². The Morgan fingerprint density at radius 3 is 2.58 bits per heavy atom. The van der Waals surface area contributed by atoms with Gasteiger partial charge in [0.15, 0.2) is 0 Å². The minimum absolute atomic E-state index is 0.0272. The van der Waals surface area contributed by atoms with Gasteiger partial charge < -0.3 is 0 Å². The van der Waals surface area contributed by atoms with Crippen LogP contribution in [0.3, 0.4) is 0 Å². The summed E-state index contributed by atoms with van der Waals surface area (Å²) < 4.78 is 40.5. The van der Waals surface area contributed by atoms with E-state index in [1.807, 2.05) is 36.6 Å². The zero-order valence-corrected chi connectivity index (χ0v) is 18.3. The van der Waals surface area contributed by atoms with Crippen molar-refractivity contribution < 1.29 is 18.0 Å². The van der Waals surface area contributed by atoms with Gasteiger partial charge in [0, 0.05) is 23.9 Å². The molecule has 6 nitrogen and oxygen atoms in total. The smallest absolute Gasteiger partial charge is 0.298 e. The molecular weight excluding hydrogens is 453 g/mol. The van der Waals surface area contributed by atoms with Crippen molar-refractivity contribution in [1.82, 2.24) is 15.0 Å². The predicted molar refractivity (Wildman–Crippen MR) is 122 cm³/mol. The van der Waals surface area contributed by atoms with E-state index in [1.165, 1.54) is 40.4 Å². The van der Waals surface area contributed by atoms with Crippen LogP contribution in [0.4, 0.5) is 18.9 Å². The molecule has 0 radical (unpaired) electrons. The van der Waals surface area contributed by atoms with Crippen LogP contribution in [0.1, 0.15) is 17.5 Å². The zero-order valence-electron chi connectivity index (χ0n) is 17.4. The van der Waals surface area contributed by atoms with Crippen molar-refractivity contribution in [2.24, 2.45) is 0 Å². The van der Waals surface area contributed by atoms with Gasteiger partial charge in [0.1, 0.15) is 4.83 Å². The second kappa shape index (κ2) is 9.07. The molecule has 33 heavy (non-hydrogen) atoms. The van der Waals surface area contributed by atoms with Crippen molar-refractivity contribution in [3.63, 3.8) is 0 Å². The van der Waals surface area contributed by atoms with Crippen molar-refractivity contribution in [3.8, 4) is 11.1 Å². The number of thiophene rings is 1. The molecule has 0 fully saturated rings. The van der Waals surface area contributed by atoms with Crippen LogP contribution in [0.2, 0.25) is 0 Å². The van der Waals surface area contributed by atoms with E-state index in [4.69, 9.17) is 0 Å². The molecule has 0 aliphatic heterocycles. The lowest BCUT2D eigenvalue weighted by molar-refractivity contribution is -0.137. The highest BCUT2D eigenvalue weighted by molar-refractivity contribution is 7.17. The van der Waals surface area contributed by atoms with Gasteiger partial charge in [0.25, 0.3) is 5.56 Å². The fraction of sp³-hybridized carbons (Fsp3) is 0.174. The van der Waals surface area contributed by atoms with Crippen LogP contribution < -0.4 is 16.4 Å². The summed E-state index contributed by atoms with van der Waals surface area (Å²) >= 11 is 1.36. The number of carbonyl (C=O) groups is 1. The van der Waals surface area contributed by atoms with Crippen LogP contribution >= 0.6 is 11.3 Å². The number of benzene rings is 2. The minimum atomic E-state index is -4.56. The van der Waals surface area contributed by atoms with Gasteiger partial charge in [-0.2, -0.15) is 13.2 Å². The summed E-state index contributed by atoms with van der Waals surface area (Å²) in [5.74, 6) is -0.567. The highest BCUT2D eigenvalue weighted by Gasteiger charge is 2.33. The molecule has 2 heterocycles. The molecule has 10 heteroatoms. The largest absolute Gasteiger partial charge is 0.418 e. The summed E-state index contributed by atoms with van der Waals surface area (Å²) in [6, 6.07) is 12.6. The Morgan fingerprint density at radius 1 is 1.12 bits per heavy atom. The first-order chi connectivity index (χ1) is 15.7. The highest BCUT2D eigenvalue weighted by Crippen LogP contribution is 2.34. The molecule has 2 aromatic heterocycles. The minimum Gasteiger partial charge on any atom is -0.298 e. The Hall–Kier alpha value is -3.66. The molecule has 0 saturated carbocycles. The molecule has 0 unspecified atom stereocenters. The van der Waals surface area contributed by atoms with Crippen molar-refractivity contribution in [3.05, 3.63) is 81.7 Å². The second-order valence-corrected chi connectivity index (χ2v) is 8.26. The summed E-state index contributed by atoms with van der Waals surface area (Å²) in [6.45, 7) is 2.01. The average molecular weight is 472 g/mol. The molecule has 0 atom stereocenters. The lowest BCUT2D eigenvalue weighted by Crippen LogP contribution is -2.32. The number of hydrogen-bond donors (Lipinski definition) is 2. The molecule has 2 aromatic carbocycles. The van der Waals surface area contributed by atoms with E-state index in [2.05, 4.69) is 15.8 Å². The van der Waals surface area contributed by atoms with Gasteiger partial charge in [-0.3, -0.25) is 25.0 Å². The van der Waals surface area contributed by atoms with Gasteiger partial charge in [0.05, 0.1) is 23.0 Å². The van der Waals surface area contributed by atoms with E-state index in [-0.39, 0.29) is 24.2 Å². The van der Waals surface area contributed by atoms with Crippen molar-refractivity contribution in [1.29, 1.82) is 0 Å². The molecule has 0 bridgehead atoms. The predicted octanol–water partition coefficient (Wildman–Crippen LogP) is 4.99. The normalized spacial score (nSPS) is 11.5. The average Bonchev–Trinajstić information content (AvgIpc) is 3.22. The topological polar surface area (TPSA) is 76.0 Å². The summed E-state index contributed by atoms with van der Waals surface area (Å²) in [5, 5.41) is 2.35.